The van der Waals surface area contributed by atoms with Crippen molar-refractivity contribution in [3.05, 3.63) is 23.8 Å². The summed E-state index contributed by atoms with van der Waals surface area (Å²) in [7, 11) is 3.55. The molecule has 1 saturated carbocycles. The van der Waals surface area contributed by atoms with Crippen LogP contribution in [0.15, 0.2) is 23.2 Å². The van der Waals surface area contributed by atoms with Crippen molar-refractivity contribution in [2.45, 2.75) is 38.5 Å². The van der Waals surface area contributed by atoms with Crippen LogP contribution in [0.3, 0.4) is 0 Å². The minimum absolute atomic E-state index is 0.0788. The van der Waals surface area contributed by atoms with Gasteiger partial charge in [0, 0.05) is 39.4 Å². The van der Waals surface area contributed by atoms with Crippen molar-refractivity contribution in [2.75, 3.05) is 45.8 Å². The van der Waals surface area contributed by atoms with Gasteiger partial charge < -0.3 is 25.4 Å². The Morgan fingerprint density at radius 1 is 1.25 bits per heavy atom. The van der Waals surface area contributed by atoms with E-state index in [4.69, 9.17) is 9.47 Å². The van der Waals surface area contributed by atoms with Gasteiger partial charge in [0.1, 0.15) is 12.4 Å². The molecule has 1 fully saturated rings. The number of anilines is 1. The maximum Gasteiger partial charge on any atom is 0.224 e. The third-order valence-corrected chi connectivity index (χ3v) is 5.74. The van der Waals surface area contributed by atoms with Crippen molar-refractivity contribution < 1.29 is 14.3 Å². The predicted octanol–water partition coefficient (Wildman–Crippen LogP) is 2.32. The van der Waals surface area contributed by atoms with Crippen LogP contribution in [0.5, 0.6) is 5.75 Å². The highest BCUT2D eigenvalue weighted by Crippen LogP contribution is 2.43. The lowest BCUT2D eigenvalue weighted by Crippen LogP contribution is -2.47. The third kappa shape index (κ3) is 5.38. The van der Waals surface area contributed by atoms with Gasteiger partial charge in [-0.1, -0.05) is 6.42 Å². The molecule has 0 spiro atoms. The predicted molar refractivity (Wildman–Crippen MR) is 111 cm³/mol. The molecule has 0 aromatic heterocycles. The fourth-order valence-electron chi connectivity index (χ4n) is 3.79. The lowest BCUT2D eigenvalue weighted by molar-refractivity contribution is -0.116. The van der Waals surface area contributed by atoms with Gasteiger partial charge in [-0.15, -0.1) is 0 Å². The van der Waals surface area contributed by atoms with Crippen molar-refractivity contribution >= 4 is 17.6 Å². The molecule has 0 saturated heterocycles. The molecule has 0 bridgehead atoms. The van der Waals surface area contributed by atoms with E-state index < -0.39 is 0 Å². The summed E-state index contributed by atoms with van der Waals surface area (Å²) in [6, 6.07) is 5.82. The highest BCUT2D eigenvalue weighted by molar-refractivity contribution is 5.94. The summed E-state index contributed by atoms with van der Waals surface area (Å²) in [6.07, 6.45) is 6.19. The average Bonchev–Trinajstić information content (AvgIpc) is 2.68. The summed E-state index contributed by atoms with van der Waals surface area (Å²) in [5.41, 5.74) is 2.37. The first-order valence-corrected chi connectivity index (χ1v) is 10.1. The lowest BCUT2D eigenvalue weighted by Gasteiger charge is -2.42. The van der Waals surface area contributed by atoms with Gasteiger partial charge in [0.2, 0.25) is 5.91 Å². The van der Waals surface area contributed by atoms with E-state index in [1.807, 2.05) is 18.2 Å². The van der Waals surface area contributed by atoms with Crippen LogP contribution in [0.1, 0.15) is 37.7 Å². The molecule has 7 heteroatoms. The number of rotatable bonds is 9. The lowest BCUT2D eigenvalue weighted by atomic mass is 9.67. The number of hydrogen-bond acceptors (Lipinski definition) is 4. The zero-order chi connectivity index (χ0) is 19.8. The molecule has 2 aliphatic rings. The van der Waals surface area contributed by atoms with Crippen molar-refractivity contribution in [3.63, 3.8) is 0 Å². The topological polar surface area (TPSA) is 84.0 Å². The zero-order valence-electron chi connectivity index (χ0n) is 17.0. The molecular formula is C21H32N4O3. The monoisotopic (exact) mass is 388 g/mol. The zero-order valence-corrected chi connectivity index (χ0v) is 17.0. The van der Waals surface area contributed by atoms with Crippen molar-refractivity contribution in [1.82, 2.24) is 10.6 Å². The molecule has 1 aromatic rings. The van der Waals surface area contributed by atoms with Gasteiger partial charge in [0.15, 0.2) is 5.96 Å². The van der Waals surface area contributed by atoms with E-state index in [9.17, 15) is 4.79 Å². The molecule has 154 valence electrons. The first-order valence-electron chi connectivity index (χ1n) is 10.1. The quantitative estimate of drug-likeness (QED) is 0.344. The largest absolute Gasteiger partial charge is 0.492 e. The van der Waals surface area contributed by atoms with E-state index in [-0.39, 0.29) is 5.91 Å². The SMILES string of the molecule is CN=C(NCCOc1ccc2c(c1)CCC(=O)N2)NCC1(CCOC)CCC1. The van der Waals surface area contributed by atoms with E-state index in [0.29, 0.717) is 25.0 Å². The number of hydrogen-bond donors (Lipinski definition) is 3. The van der Waals surface area contributed by atoms with Crippen LogP contribution in [0.2, 0.25) is 0 Å². The van der Waals surface area contributed by atoms with Gasteiger partial charge >= 0.3 is 0 Å². The Morgan fingerprint density at radius 2 is 2.11 bits per heavy atom. The third-order valence-electron chi connectivity index (χ3n) is 5.74. The Hall–Kier alpha value is -2.28. The van der Waals surface area contributed by atoms with Crippen LogP contribution < -0.4 is 20.7 Å². The van der Waals surface area contributed by atoms with E-state index in [1.54, 1.807) is 14.2 Å². The number of carbonyl (C=O) groups is 1. The number of guanidine groups is 1. The molecule has 7 nitrogen and oxygen atoms in total. The summed E-state index contributed by atoms with van der Waals surface area (Å²) in [4.78, 5) is 15.7. The number of amides is 1. The van der Waals surface area contributed by atoms with Gasteiger partial charge in [0.25, 0.3) is 0 Å². The molecular weight excluding hydrogens is 356 g/mol. The van der Waals surface area contributed by atoms with E-state index in [0.717, 1.165) is 49.0 Å². The fraction of sp³-hybridized carbons (Fsp3) is 0.619. The smallest absolute Gasteiger partial charge is 0.224 e. The van der Waals surface area contributed by atoms with Gasteiger partial charge in [-0.3, -0.25) is 9.79 Å². The molecule has 0 radical (unpaired) electrons. The molecule has 1 heterocycles. The minimum Gasteiger partial charge on any atom is -0.492 e. The molecule has 1 aromatic carbocycles. The van der Waals surface area contributed by atoms with Crippen LogP contribution in [0.4, 0.5) is 5.69 Å². The van der Waals surface area contributed by atoms with Crippen LogP contribution in [0.25, 0.3) is 0 Å². The highest BCUT2D eigenvalue weighted by atomic mass is 16.5. The summed E-state index contributed by atoms with van der Waals surface area (Å²) < 4.78 is 11.1. The second-order valence-electron chi connectivity index (χ2n) is 7.66. The van der Waals surface area contributed by atoms with Crippen molar-refractivity contribution in [2.24, 2.45) is 10.4 Å². The normalized spacial score (nSPS) is 17.9. The number of benzene rings is 1. The van der Waals surface area contributed by atoms with Crippen LogP contribution in [-0.4, -0.2) is 52.3 Å². The first kappa shape index (κ1) is 20.5. The summed E-state index contributed by atoms with van der Waals surface area (Å²) in [5.74, 6) is 1.71. The minimum atomic E-state index is 0.0788. The van der Waals surface area contributed by atoms with Crippen LogP contribution >= 0.6 is 0 Å². The average molecular weight is 389 g/mol. The maximum atomic E-state index is 11.4. The van der Waals surface area contributed by atoms with E-state index in [2.05, 4.69) is 20.9 Å². The second-order valence-corrected chi connectivity index (χ2v) is 7.66. The van der Waals surface area contributed by atoms with Crippen molar-refractivity contribution in [1.29, 1.82) is 0 Å². The molecule has 1 aliphatic carbocycles. The Morgan fingerprint density at radius 3 is 2.82 bits per heavy atom. The van der Waals surface area contributed by atoms with Gasteiger partial charge in [0.05, 0.1) is 6.54 Å². The molecule has 0 atom stereocenters. The van der Waals surface area contributed by atoms with Crippen LogP contribution in [-0.2, 0) is 16.0 Å². The number of aliphatic imine (C=N–C) groups is 1. The van der Waals surface area contributed by atoms with Gasteiger partial charge in [-0.25, -0.2) is 0 Å². The van der Waals surface area contributed by atoms with Gasteiger partial charge in [-0.05, 0) is 54.9 Å². The molecule has 3 N–H and O–H groups in total. The molecule has 3 rings (SSSR count). The molecule has 1 amide bonds. The molecule has 1 aliphatic heterocycles. The Balaban J connectivity index is 1.38. The van der Waals surface area contributed by atoms with E-state index >= 15 is 0 Å². The summed E-state index contributed by atoms with van der Waals surface area (Å²) in [6.45, 7) is 2.94. The highest BCUT2D eigenvalue weighted by Gasteiger charge is 2.36. The standard InChI is InChI=1S/C21H32N4O3/c1-22-20(24-15-21(8-3-9-21)10-12-27-2)23-11-13-28-17-5-6-18-16(14-17)4-7-19(26)25-18/h5-6,14H,3-4,7-13,15H2,1-2H3,(H,25,26)(H2,22,23,24). The second kappa shape index (κ2) is 9.78. The fourth-order valence-corrected chi connectivity index (χ4v) is 3.79. The Bertz CT molecular complexity index is 701. The maximum absolute atomic E-state index is 11.4. The number of methoxy groups -OCH3 is 1. The Kier molecular flexibility index (Phi) is 7.14. The number of aryl methyl sites for hydroxylation is 1. The number of nitrogens with one attached hydrogen (secondary N) is 3. The summed E-state index contributed by atoms with van der Waals surface area (Å²) in [5, 5.41) is 9.65. The number of carbonyl (C=O) groups excluding carboxylic acids is 1. The first-order chi connectivity index (χ1) is 13.6. The molecule has 28 heavy (non-hydrogen) atoms. The summed E-state index contributed by atoms with van der Waals surface area (Å²) >= 11 is 0. The number of ether oxygens (including phenoxy) is 2. The molecule has 0 unspecified atom stereocenters. The van der Waals surface area contributed by atoms with E-state index in [1.165, 1.54) is 19.3 Å². The van der Waals surface area contributed by atoms with Crippen molar-refractivity contribution in [3.8, 4) is 5.75 Å². The number of nitrogens with zero attached hydrogens (tertiary/aromatic N) is 1. The van der Waals surface area contributed by atoms with Crippen LogP contribution in [0, 0.1) is 5.41 Å². The number of fused-ring (bicyclic) bond motifs is 1. The van der Waals surface area contributed by atoms with Gasteiger partial charge in [-0.2, -0.15) is 0 Å². The Labute approximate surface area is 167 Å².